The molecule has 0 radical (unpaired) electrons. The van der Waals surface area contributed by atoms with Crippen LogP contribution in [0.15, 0.2) is 36.4 Å². The van der Waals surface area contributed by atoms with Crippen LogP contribution in [0.5, 0.6) is 0 Å². The van der Waals surface area contributed by atoms with Gasteiger partial charge in [-0.3, -0.25) is 4.79 Å². The van der Waals surface area contributed by atoms with Gasteiger partial charge in [-0.2, -0.15) is 8.75 Å². The van der Waals surface area contributed by atoms with Crippen molar-refractivity contribution in [2.24, 2.45) is 0 Å². The van der Waals surface area contributed by atoms with Crippen LogP contribution in [-0.4, -0.2) is 14.7 Å². The minimum atomic E-state index is -0.542. The average molecular weight is 308 g/mol. The maximum Gasteiger partial charge on any atom is 0.255 e. The number of benzene rings is 2. The molecule has 1 N–H and O–H groups in total. The fourth-order valence-corrected chi connectivity index (χ4v) is 2.40. The maximum absolute atomic E-state index is 13.6. The number of rotatable bonds is 2. The highest BCUT2D eigenvalue weighted by Crippen LogP contribution is 2.21. The molecular weight excluding hydrogens is 301 g/mol. The Morgan fingerprint density at radius 2 is 1.95 bits per heavy atom. The van der Waals surface area contributed by atoms with Crippen LogP contribution in [0.3, 0.4) is 0 Å². The van der Waals surface area contributed by atoms with Crippen LogP contribution in [0.1, 0.15) is 10.4 Å². The molecule has 0 aliphatic carbocycles. The number of halogens is 2. The second-order valence-corrected chi connectivity index (χ2v) is 5.01. The molecule has 0 aliphatic heterocycles. The average Bonchev–Trinajstić information content (AvgIpc) is 2.90. The largest absolute Gasteiger partial charge is 0.319 e. The first-order valence-corrected chi connectivity index (χ1v) is 6.73. The molecule has 1 amide bonds. The molecule has 2 aromatic carbocycles. The zero-order chi connectivity index (χ0) is 14.1. The summed E-state index contributed by atoms with van der Waals surface area (Å²) in [5, 5.41) is 2.83. The number of nitrogens with one attached hydrogen (secondary N) is 1. The maximum atomic E-state index is 13.6. The van der Waals surface area contributed by atoms with Crippen molar-refractivity contribution >= 4 is 46.0 Å². The minimum absolute atomic E-state index is 0.0407. The van der Waals surface area contributed by atoms with Crippen molar-refractivity contribution in [2.45, 2.75) is 0 Å². The van der Waals surface area contributed by atoms with Gasteiger partial charge in [0.25, 0.3) is 5.91 Å². The number of fused-ring (bicyclic) bond motifs is 1. The number of hydrogen-bond donors (Lipinski definition) is 1. The summed E-state index contributed by atoms with van der Waals surface area (Å²) in [5.74, 6) is -0.972. The van der Waals surface area contributed by atoms with E-state index in [9.17, 15) is 9.18 Å². The summed E-state index contributed by atoms with van der Waals surface area (Å²) in [6.07, 6.45) is 0. The molecule has 3 rings (SSSR count). The Balaban J connectivity index is 1.90. The Morgan fingerprint density at radius 3 is 2.80 bits per heavy atom. The van der Waals surface area contributed by atoms with E-state index in [1.807, 2.05) is 0 Å². The quantitative estimate of drug-likeness (QED) is 0.784. The number of carbonyl (C=O) groups excluding carboxylic acids is 1. The van der Waals surface area contributed by atoms with Crippen LogP contribution in [0.4, 0.5) is 10.1 Å². The Morgan fingerprint density at radius 1 is 1.15 bits per heavy atom. The van der Waals surface area contributed by atoms with Crippen LogP contribution in [0, 0.1) is 5.82 Å². The molecule has 0 atom stereocenters. The fourth-order valence-electron chi connectivity index (χ4n) is 1.71. The van der Waals surface area contributed by atoms with Crippen molar-refractivity contribution in [3.05, 3.63) is 52.8 Å². The van der Waals surface area contributed by atoms with E-state index < -0.39 is 11.7 Å². The smallest absolute Gasteiger partial charge is 0.255 e. The van der Waals surface area contributed by atoms with Crippen LogP contribution in [0.25, 0.3) is 11.0 Å². The predicted octanol–water partition coefficient (Wildman–Crippen LogP) is 3.74. The van der Waals surface area contributed by atoms with Crippen molar-refractivity contribution in [3.63, 3.8) is 0 Å². The Kier molecular flexibility index (Phi) is 3.33. The Labute approximate surface area is 122 Å². The Bertz CT molecular complexity index is 805. The zero-order valence-electron chi connectivity index (χ0n) is 9.93. The van der Waals surface area contributed by atoms with E-state index in [0.717, 1.165) is 17.2 Å². The summed E-state index contributed by atoms with van der Waals surface area (Å²) >= 11 is 6.85. The summed E-state index contributed by atoms with van der Waals surface area (Å²) in [5.41, 5.74) is 1.78. The predicted molar refractivity (Wildman–Crippen MR) is 76.8 cm³/mol. The molecule has 100 valence electrons. The van der Waals surface area contributed by atoms with Crippen molar-refractivity contribution < 1.29 is 9.18 Å². The highest BCUT2D eigenvalue weighted by Gasteiger charge is 2.11. The van der Waals surface area contributed by atoms with Gasteiger partial charge < -0.3 is 5.32 Å². The number of nitrogens with zero attached hydrogens (tertiary/aromatic N) is 2. The van der Waals surface area contributed by atoms with E-state index in [4.69, 9.17) is 11.6 Å². The first-order chi connectivity index (χ1) is 9.63. The second kappa shape index (κ2) is 5.15. The molecule has 0 saturated carbocycles. The zero-order valence-corrected chi connectivity index (χ0v) is 11.5. The van der Waals surface area contributed by atoms with Crippen molar-refractivity contribution in [1.29, 1.82) is 0 Å². The van der Waals surface area contributed by atoms with Crippen molar-refractivity contribution in [3.8, 4) is 0 Å². The van der Waals surface area contributed by atoms with Crippen LogP contribution in [-0.2, 0) is 0 Å². The van der Waals surface area contributed by atoms with Gasteiger partial charge in [0.05, 0.1) is 17.4 Å². The first-order valence-electron chi connectivity index (χ1n) is 5.62. The van der Waals surface area contributed by atoms with Crippen LogP contribution < -0.4 is 5.32 Å². The molecule has 3 aromatic rings. The SMILES string of the molecule is O=C(Nc1cc(Cl)ccc1F)c1ccc2nsnc2c1. The lowest BCUT2D eigenvalue weighted by Crippen LogP contribution is -2.12. The second-order valence-electron chi connectivity index (χ2n) is 4.05. The summed E-state index contributed by atoms with van der Waals surface area (Å²) in [4.78, 5) is 12.1. The molecule has 1 heterocycles. The van der Waals surface area contributed by atoms with Crippen molar-refractivity contribution in [2.75, 3.05) is 5.32 Å². The van der Waals surface area contributed by atoms with Gasteiger partial charge in [-0.15, -0.1) is 0 Å². The van der Waals surface area contributed by atoms with Gasteiger partial charge in [-0.1, -0.05) is 11.6 Å². The summed E-state index contributed by atoms with van der Waals surface area (Å²) in [6.45, 7) is 0. The number of anilines is 1. The lowest BCUT2D eigenvalue weighted by molar-refractivity contribution is 0.102. The summed E-state index contributed by atoms with van der Waals surface area (Å²) in [7, 11) is 0. The van der Waals surface area contributed by atoms with E-state index in [2.05, 4.69) is 14.1 Å². The number of carbonyl (C=O) groups is 1. The number of hydrogen-bond acceptors (Lipinski definition) is 4. The lowest BCUT2D eigenvalue weighted by atomic mass is 10.2. The van der Waals surface area contributed by atoms with Gasteiger partial charge in [0, 0.05) is 10.6 Å². The van der Waals surface area contributed by atoms with E-state index in [1.165, 1.54) is 18.2 Å². The van der Waals surface area contributed by atoms with Gasteiger partial charge >= 0.3 is 0 Å². The van der Waals surface area contributed by atoms with Gasteiger partial charge in [0.15, 0.2) is 0 Å². The number of aromatic nitrogens is 2. The lowest BCUT2D eigenvalue weighted by Gasteiger charge is -2.06. The molecule has 0 aliphatic rings. The molecule has 1 aromatic heterocycles. The van der Waals surface area contributed by atoms with Gasteiger partial charge in [0.1, 0.15) is 16.9 Å². The van der Waals surface area contributed by atoms with E-state index in [0.29, 0.717) is 16.1 Å². The highest BCUT2D eigenvalue weighted by atomic mass is 35.5. The van der Waals surface area contributed by atoms with Crippen molar-refractivity contribution in [1.82, 2.24) is 8.75 Å². The van der Waals surface area contributed by atoms with Gasteiger partial charge in [0.2, 0.25) is 0 Å². The molecule has 0 bridgehead atoms. The highest BCUT2D eigenvalue weighted by molar-refractivity contribution is 7.00. The molecule has 20 heavy (non-hydrogen) atoms. The van der Waals surface area contributed by atoms with E-state index >= 15 is 0 Å². The minimum Gasteiger partial charge on any atom is -0.319 e. The van der Waals surface area contributed by atoms with Crippen LogP contribution in [0.2, 0.25) is 5.02 Å². The molecule has 0 saturated heterocycles. The fraction of sp³-hybridized carbons (Fsp3) is 0. The summed E-state index contributed by atoms with van der Waals surface area (Å²) < 4.78 is 21.7. The Hall–Kier alpha value is -2.05. The third kappa shape index (κ3) is 2.48. The summed E-state index contributed by atoms with van der Waals surface area (Å²) in [6, 6.07) is 8.89. The number of amides is 1. The third-order valence-electron chi connectivity index (χ3n) is 2.69. The first kappa shape index (κ1) is 13.0. The van der Waals surface area contributed by atoms with E-state index in [-0.39, 0.29) is 5.69 Å². The standard InChI is InChI=1S/C13H7ClFN3OS/c14-8-2-3-9(15)11(6-8)16-13(19)7-1-4-10-12(5-7)18-20-17-10/h1-6H,(H,16,19). The van der Waals surface area contributed by atoms with Crippen LogP contribution >= 0.6 is 23.3 Å². The topological polar surface area (TPSA) is 54.9 Å². The molecular formula is C13H7ClFN3OS. The molecule has 0 spiro atoms. The molecule has 0 fully saturated rings. The normalized spacial score (nSPS) is 10.7. The molecule has 4 nitrogen and oxygen atoms in total. The van der Waals surface area contributed by atoms with Gasteiger partial charge in [-0.25, -0.2) is 4.39 Å². The molecule has 0 unspecified atom stereocenters. The van der Waals surface area contributed by atoms with E-state index in [1.54, 1.807) is 18.2 Å². The van der Waals surface area contributed by atoms with Gasteiger partial charge in [-0.05, 0) is 36.4 Å². The monoisotopic (exact) mass is 307 g/mol. The third-order valence-corrected chi connectivity index (χ3v) is 3.48. The molecule has 7 heteroatoms.